The highest BCUT2D eigenvalue weighted by atomic mass is 16.5. The Morgan fingerprint density at radius 3 is 2.77 bits per heavy atom. The van der Waals surface area contributed by atoms with Crippen LogP contribution in [0.1, 0.15) is 41.6 Å². The van der Waals surface area contributed by atoms with Crippen LogP contribution in [0, 0.1) is 6.92 Å². The zero-order valence-electron chi connectivity index (χ0n) is 13.8. The molecule has 0 spiro atoms. The topological polar surface area (TPSA) is 41.6 Å². The van der Waals surface area contributed by atoms with Gasteiger partial charge in [0.1, 0.15) is 0 Å². The number of nitrogens with zero attached hydrogens (tertiary/aromatic N) is 1. The number of hydrogen-bond acceptors (Lipinski definition) is 3. The maximum Gasteiger partial charge on any atom is 0.251 e. The van der Waals surface area contributed by atoms with Gasteiger partial charge in [-0.25, -0.2) is 0 Å². The molecule has 1 aliphatic heterocycles. The van der Waals surface area contributed by atoms with Crippen LogP contribution in [0.3, 0.4) is 0 Å². The molecule has 1 aliphatic rings. The number of aryl methyl sites for hydroxylation is 1. The molecule has 1 aromatic carbocycles. The first-order valence-corrected chi connectivity index (χ1v) is 8.28. The fraction of sp³-hybridized carbons (Fsp3) is 0.611. The van der Waals surface area contributed by atoms with Crippen LogP contribution in [0.15, 0.2) is 24.3 Å². The second kappa shape index (κ2) is 8.91. The number of methoxy groups -OCH3 is 1. The van der Waals surface area contributed by atoms with Gasteiger partial charge in [-0.3, -0.25) is 4.79 Å². The van der Waals surface area contributed by atoms with E-state index in [0.29, 0.717) is 6.04 Å². The summed E-state index contributed by atoms with van der Waals surface area (Å²) in [7, 11) is 1.75. The summed E-state index contributed by atoms with van der Waals surface area (Å²) in [6, 6.07) is 8.09. The largest absolute Gasteiger partial charge is 0.385 e. The molecule has 2 rings (SSSR count). The number of amides is 1. The van der Waals surface area contributed by atoms with Crippen molar-refractivity contribution < 1.29 is 9.53 Å². The molecule has 4 nitrogen and oxygen atoms in total. The average Bonchev–Trinajstić information content (AvgIpc) is 2.53. The van der Waals surface area contributed by atoms with Crippen LogP contribution in [0.25, 0.3) is 0 Å². The Morgan fingerprint density at radius 2 is 2.09 bits per heavy atom. The highest BCUT2D eigenvalue weighted by molar-refractivity contribution is 5.94. The van der Waals surface area contributed by atoms with Crippen LogP contribution in [0.5, 0.6) is 0 Å². The van der Waals surface area contributed by atoms with Crippen molar-refractivity contribution in [2.24, 2.45) is 0 Å². The fourth-order valence-corrected chi connectivity index (χ4v) is 2.94. The third kappa shape index (κ3) is 5.43. The van der Waals surface area contributed by atoms with E-state index in [9.17, 15) is 4.79 Å². The third-order valence-corrected chi connectivity index (χ3v) is 4.28. The van der Waals surface area contributed by atoms with Crippen molar-refractivity contribution in [1.82, 2.24) is 10.2 Å². The number of carbonyl (C=O) groups is 1. The Balaban J connectivity index is 1.70. The molecule has 0 aromatic heterocycles. The molecule has 1 N–H and O–H groups in total. The zero-order chi connectivity index (χ0) is 15.8. The number of rotatable bonds is 7. The summed E-state index contributed by atoms with van der Waals surface area (Å²) in [4.78, 5) is 14.7. The molecule has 0 atom stereocenters. The van der Waals surface area contributed by atoms with E-state index in [1.54, 1.807) is 7.11 Å². The van der Waals surface area contributed by atoms with Gasteiger partial charge in [0.15, 0.2) is 0 Å². The minimum absolute atomic E-state index is 0.0576. The smallest absolute Gasteiger partial charge is 0.251 e. The van der Waals surface area contributed by atoms with Gasteiger partial charge in [-0.2, -0.15) is 0 Å². The molecule has 0 radical (unpaired) electrons. The fourth-order valence-electron chi connectivity index (χ4n) is 2.94. The first-order chi connectivity index (χ1) is 10.7. The van der Waals surface area contributed by atoms with Gasteiger partial charge >= 0.3 is 0 Å². The Kier molecular flexibility index (Phi) is 6.87. The lowest BCUT2D eigenvalue weighted by Crippen LogP contribution is -2.44. The van der Waals surface area contributed by atoms with Crippen LogP contribution in [0.4, 0.5) is 0 Å². The maximum absolute atomic E-state index is 12.3. The van der Waals surface area contributed by atoms with Crippen LogP contribution in [-0.2, 0) is 4.74 Å². The molecule has 0 unspecified atom stereocenters. The van der Waals surface area contributed by atoms with Gasteiger partial charge in [0.25, 0.3) is 5.91 Å². The van der Waals surface area contributed by atoms with Crippen LogP contribution in [-0.4, -0.2) is 50.2 Å². The number of unbranched alkanes of at least 4 members (excludes halogenated alkanes) is 1. The predicted octanol–water partition coefficient (Wildman–Crippen LogP) is 2.62. The Hall–Kier alpha value is -1.39. The second-order valence-electron chi connectivity index (χ2n) is 6.16. The van der Waals surface area contributed by atoms with Crippen molar-refractivity contribution in [2.75, 3.05) is 33.4 Å². The van der Waals surface area contributed by atoms with Crippen LogP contribution < -0.4 is 5.32 Å². The van der Waals surface area contributed by atoms with Crippen LogP contribution in [0.2, 0.25) is 0 Å². The van der Waals surface area contributed by atoms with E-state index in [0.717, 1.165) is 56.6 Å². The first-order valence-electron chi connectivity index (χ1n) is 8.28. The van der Waals surface area contributed by atoms with E-state index in [1.807, 2.05) is 31.2 Å². The number of likely N-dealkylation sites (tertiary alicyclic amines) is 1. The SMILES string of the molecule is COCCCCN1CCC(NC(=O)c2cccc(C)c2)CC1. The lowest BCUT2D eigenvalue weighted by Gasteiger charge is -2.32. The molecule has 0 bridgehead atoms. The number of nitrogens with one attached hydrogen (secondary N) is 1. The van der Waals surface area contributed by atoms with Gasteiger partial charge in [0.2, 0.25) is 0 Å². The molecule has 1 saturated heterocycles. The Labute approximate surface area is 133 Å². The lowest BCUT2D eigenvalue weighted by atomic mass is 10.0. The summed E-state index contributed by atoms with van der Waals surface area (Å²) >= 11 is 0. The van der Waals surface area contributed by atoms with E-state index < -0.39 is 0 Å². The van der Waals surface area contributed by atoms with Crippen molar-refractivity contribution >= 4 is 5.91 Å². The van der Waals surface area contributed by atoms with Gasteiger partial charge in [0.05, 0.1) is 0 Å². The molecule has 1 fully saturated rings. The molecular formula is C18H28N2O2. The van der Waals surface area contributed by atoms with Crippen molar-refractivity contribution in [3.05, 3.63) is 35.4 Å². The summed E-state index contributed by atoms with van der Waals surface area (Å²) in [5, 5.41) is 3.17. The highest BCUT2D eigenvalue weighted by Crippen LogP contribution is 2.12. The lowest BCUT2D eigenvalue weighted by molar-refractivity contribution is 0.0909. The van der Waals surface area contributed by atoms with E-state index in [4.69, 9.17) is 4.74 Å². The van der Waals surface area contributed by atoms with Crippen LogP contribution >= 0.6 is 0 Å². The van der Waals surface area contributed by atoms with E-state index in [-0.39, 0.29) is 5.91 Å². The average molecular weight is 304 g/mol. The third-order valence-electron chi connectivity index (χ3n) is 4.28. The van der Waals surface area contributed by atoms with E-state index in [1.165, 1.54) is 6.42 Å². The number of carbonyl (C=O) groups excluding carboxylic acids is 1. The van der Waals surface area contributed by atoms with E-state index in [2.05, 4.69) is 10.2 Å². The minimum atomic E-state index is 0.0576. The summed E-state index contributed by atoms with van der Waals surface area (Å²) in [6.45, 7) is 6.15. The molecule has 1 amide bonds. The summed E-state index contributed by atoms with van der Waals surface area (Å²) in [5.41, 5.74) is 1.89. The van der Waals surface area contributed by atoms with Crippen molar-refractivity contribution in [2.45, 2.75) is 38.6 Å². The van der Waals surface area contributed by atoms with Crippen molar-refractivity contribution in [1.29, 1.82) is 0 Å². The number of benzene rings is 1. The second-order valence-corrected chi connectivity index (χ2v) is 6.16. The molecule has 1 aromatic rings. The van der Waals surface area contributed by atoms with Crippen molar-refractivity contribution in [3.8, 4) is 0 Å². The number of piperidine rings is 1. The maximum atomic E-state index is 12.3. The van der Waals surface area contributed by atoms with Gasteiger partial charge in [0, 0.05) is 38.4 Å². The van der Waals surface area contributed by atoms with Crippen molar-refractivity contribution in [3.63, 3.8) is 0 Å². The van der Waals surface area contributed by atoms with Gasteiger partial charge < -0.3 is 15.0 Å². The minimum Gasteiger partial charge on any atom is -0.385 e. The van der Waals surface area contributed by atoms with E-state index >= 15 is 0 Å². The predicted molar refractivity (Wildman–Crippen MR) is 89.2 cm³/mol. The molecule has 22 heavy (non-hydrogen) atoms. The first kappa shape index (κ1) is 17.0. The summed E-state index contributed by atoms with van der Waals surface area (Å²) < 4.78 is 5.08. The molecule has 4 heteroatoms. The standard InChI is InChI=1S/C18H28N2O2/c1-15-6-5-7-16(14-15)18(21)19-17-8-11-20(12-9-17)10-3-4-13-22-2/h5-7,14,17H,3-4,8-13H2,1-2H3,(H,19,21). The molecule has 122 valence electrons. The summed E-state index contributed by atoms with van der Waals surface area (Å²) in [5.74, 6) is 0.0576. The Bertz CT molecular complexity index is 468. The van der Waals surface area contributed by atoms with Gasteiger partial charge in [-0.1, -0.05) is 17.7 Å². The molecule has 0 saturated carbocycles. The quantitative estimate of drug-likeness (QED) is 0.787. The number of ether oxygens (including phenoxy) is 1. The highest BCUT2D eigenvalue weighted by Gasteiger charge is 2.20. The van der Waals surface area contributed by atoms with Gasteiger partial charge in [-0.05, 0) is 51.3 Å². The Morgan fingerprint density at radius 1 is 1.32 bits per heavy atom. The zero-order valence-corrected chi connectivity index (χ0v) is 13.8. The monoisotopic (exact) mass is 304 g/mol. The molecular weight excluding hydrogens is 276 g/mol. The number of hydrogen-bond donors (Lipinski definition) is 1. The molecule has 1 heterocycles. The van der Waals surface area contributed by atoms with Gasteiger partial charge in [-0.15, -0.1) is 0 Å². The normalized spacial score (nSPS) is 16.6. The summed E-state index contributed by atoms with van der Waals surface area (Å²) in [6.07, 6.45) is 4.40. The molecule has 0 aliphatic carbocycles.